The van der Waals surface area contributed by atoms with Gasteiger partial charge in [-0.25, -0.2) is 0 Å². The summed E-state index contributed by atoms with van der Waals surface area (Å²) in [4.78, 5) is 0. The number of nitrogens with one attached hydrogen (secondary N) is 1. The Bertz CT molecular complexity index is 680. The van der Waals surface area contributed by atoms with Gasteiger partial charge < -0.3 is 14.8 Å². The standard InChI is InChI=1S/C16H15BrN2O2/c1-19-10-11-3-5-15(12(7-11)9-18)21-16-6-4-13(20-2)8-14(16)17/h3-8,19H,10H2,1-2H3. The summed E-state index contributed by atoms with van der Waals surface area (Å²) in [5, 5.41) is 12.3. The van der Waals surface area contributed by atoms with E-state index >= 15 is 0 Å². The van der Waals surface area contributed by atoms with E-state index in [9.17, 15) is 5.26 Å². The van der Waals surface area contributed by atoms with Crippen LogP contribution in [-0.2, 0) is 6.54 Å². The summed E-state index contributed by atoms with van der Waals surface area (Å²) in [7, 11) is 3.47. The summed E-state index contributed by atoms with van der Waals surface area (Å²) in [6.07, 6.45) is 0. The molecule has 2 aromatic rings. The molecule has 0 fully saturated rings. The van der Waals surface area contributed by atoms with Gasteiger partial charge >= 0.3 is 0 Å². The van der Waals surface area contributed by atoms with Crippen LogP contribution < -0.4 is 14.8 Å². The van der Waals surface area contributed by atoms with Crippen molar-refractivity contribution in [2.45, 2.75) is 6.54 Å². The van der Waals surface area contributed by atoms with Crippen molar-refractivity contribution in [2.24, 2.45) is 0 Å². The van der Waals surface area contributed by atoms with Gasteiger partial charge in [-0.2, -0.15) is 5.26 Å². The summed E-state index contributed by atoms with van der Waals surface area (Å²) >= 11 is 3.43. The third-order valence-electron chi connectivity index (χ3n) is 2.90. The predicted octanol–water partition coefficient (Wildman–Crippen LogP) is 3.84. The first-order chi connectivity index (χ1) is 10.2. The van der Waals surface area contributed by atoms with Crippen LogP contribution in [0.2, 0.25) is 0 Å². The summed E-state index contributed by atoms with van der Waals surface area (Å²) in [6, 6.07) is 13.1. The highest BCUT2D eigenvalue weighted by Crippen LogP contribution is 2.34. The summed E-state index contributed by atoms with van der Waals surface area (Å²) in [5.41, 5.74) is 1.54. The Morgan fingerprint density at radius 3 is 2.57 bits per heavy atom. The van der Waals surface area contributed by atoms with Crippen LogP contribution in [0.3, 0.4) is 0 Å². The van der Waals surface area contributed by atoms with Crippen molar-refractivity contribution in [2.75, 3.05) is 14.2 Å². The molecule has 0 saturated carbocycles. The van der Waals surface area contributed by atoms with Crippen molar-refractivity contribution in [1.29, 1.82) is 5.26 Å². The maximum Gasteiger partial charge on any atom is 0.145 e. The van der Waals surface area contributed by atoms with E-state index in [2.05, 4.69) is 27.3 Å². The zero-order valence-electron chi connectivity index (χ0n) is 11.8. The van der Waals surface area contributed by atoms with Gasteiger partial charge in [0.05, 0.1) is 17.1 Å². The summed E-state index contributed by atoms with van der Waals surface area (Å²) in [5.74, 6) is 1.90. The molecule has 108 valence electrons. The van der Waals surface area contributed by atoms with E-state index in [4.69, 9.17) is 9.47 Å². The molecule has 0 radical (unpaired) electrons. The molecule has 2 rings (SSSR count). The molecule has 0 atom stereocenters. The smallest absolute Gasteiger partial charge is 0.145 e. The minimum atomic E-state index is 0.505. The number of nitrogens with zero attached hydrogens (tertiary/aromatic N) is 1. The molecule has 0 saturated heterocycles. The zero-order valence-corrected chi connectivity index (χ0v) is 13.4. The predicted molar refractivity (Wildman–Crippen MR) is 84.7 cm³/mol. The van der Waals surface area contributed by atoms with Crippen LogP contribution in [0.5, 0.6) is 17.2 Å². The van der Waals surface area contributed by atoms with Gasteiger partial charge in [0, 0.05) is 6.54 Å². The lowest BCUT2D eigenvalue weighted by molar-refractivity contribution is 0.412. The molecular weight excluding hydrogens is 332 g/mol. The number of halogens is 1. The highest BCUT2D eigenvalue weighted by Gasteiger charge is 2.09. The molecule has 0 bridgehead atoms. The lowest BCUT2D eigenvalue weighted by atomic mass is 10.1. The zero-order chi connectivity index (χ0) is 15.2. The molecule has 0 aliphatic rings. The number of rotatable bonds is 5. The van der Waals surface area contributed by atoms with Gasteiger partial charge in [-0.15, -0.1) is 0 Å². The molecule has 5 heteroatoms. The van der Waals surface area contributed by atoms with E-state index in [1.807, 2.05) is 37.4 Å². The molecule has 0 amide bonds. The second-order valence-electron chi connectivity index (χ2n) is 4.37. The Hall–Kier alpha value is -2.03. The summed E-state index contributed by atoms with van der Waals surface area (Å²) < 4.78 is 11.7. The van der Waals surface area contributed by atoms with Crippen molar-refractivity contribution in [3.8, 4) is 23.3 Å². The Kier molecular flexibility index (Phi) is 5.20. The second-order valence-corrected chi connectivity index (χ2v) is 5.23. The fraction of sp³-hybridized carbons (Fsp3) is 0.188. The molecule has 1 N–H and O–H groups in total. The van der Waals surface area contributed by atoms with Crippen LogP contribution in [0.15, 0.2) is 40.9 Å². The van der Waals surface area contributed by atoms with E-state index in [-0.39, 0.29) is 0 Å². The topological polar surface area (TPSA) is 54.3 Å². The molecule has 4 nitrogen and oxygen atoms in total. The van der Waals surface area contributed by atoms with Crippen molar-refractivity contribution < 1.29 is 9.47 Å². The first kappa shape index (κ1) is 15.4. The quantitative estimate of drug-likeness (QED) is 0.893. The largest absolute Gasteiger partial charge is 0.497 e. The number of nitriles is 1. The summed E-state index contributed by atoms with van der Waals surface area (Å²) in [6.45, 7) is 0.710. The van der Waals surface area contributed by atoms with Crippen LogP contribution in [-0.4, -0.2) is 14.2 Å². The number of ether oxygens (including phenoxy) is 2. The number of benzene rings is 2. The third-order valence-corrected chi connectivity index (χ3v) is 3.52. The third kappa shape index (κ3) is 3.75. The van der Waals surface area contributed by atoms with Gasteiger partial charge in [0.25, 0.3) is 0 Å². The van der Waals surface area contributed by atoms with Crippen LogP contribution >= 0.6 is 15.9 Å². The van der Waals surface area contributed by atoms with Crippen LogP contribution in [0.4, 0.5) is 0 Å². The van der Waals surface area contributed by atoms with Gasteiger partial charge in [0.1, 0.15) is 23.3 Å². The lowest BCUT2D eigenvalue weighted by Crippen LogP contribution is -2.05. The van der Waals surface area contributed by atoms with Crippen LogP contribution in [0.25, 0.3) is 0 Å². The average Bonchev–Trinajstić information content (AvgIpc) is 2.50. The van der Waals surface area contributed by atoms with Crippen LogP contribution in [0.1, 0.15) is 11.1 Å². The molecular formula is C16H15BrN2O2. The van der Waals surface area contributed by atoms with Gasteiger partial charge in [0.15, 0.2) is 0 Å². The molecule has 0 heterocycles. The minimum absolute atomic E-state index is 0.505. The van der Waals surface area contributed by atoms with E-state index in [0.29, 0.717) is 23.6 Å². The van der Waals surface area contributed by atoms with Gasteiger partial charge in [0.2, 0.25) is 0 Å². The SMILES string of the molecule is CNCc1ccc(Oc2ccc(OC)cc2Br)c(C#N)c1. The Labute approximate surface area is 132 Å². The fourth-order valence-electron chi connectivity index (χ4n) is 1.88. The fourth-order valence-corrected chi connectivity index (χ4v) is 2.32. The van der Waals surface area contributed by atoms with Crippen molar-refractivity contribution in [3.05, 3.63) is 52.0 Å². The molecule has 0 spiro atoms. The molecule has 2 aromatic carbocycles. The maximum absolute atomic E-state index is 9.26. The highest BCUT2D eigenvalue weighted by molar-refractivity contribution is 9.10. The highest BCUT2D eigenvalue weighted by atomic mass is 79.9. The first-order valence-corrected chi connectivity index (χ1v) is 7.16. The normalized spacial score (nSPS) is 10.0. The van der Waals surface area contributed by atoms with Crippen molar-refractivity contribution in [1.82, 2.24) is 5.32 Å². The first-order valence-electron chi connectivity index (χ1n) is 6.37. The molecule has 0 aromatic heterocycles. The molecule has 21 heavy (non-hydrogen) atoms. The van der Waals surface area contributed by atoms with Gasteiger partial charge in [-0.3, -0.25) is 0 Å². The monoisotopic (exact) mass is 346 g/mol. The number of hydrogen-bond acceptors (Lipinski definition) is 4. The second kappa shape index (κ2) is 7.11. The van der Waals surface area contributed by atoms with Gasteiger partial charge in [-0.1, -0.05) is 6.07 Å². The van der Waals surface area contributed by atoms with Crippen molar-refractivity contribution >= 4 is 15.9 Å². The maximum atomic E-state index is 9.26. The van der Waals surface area contributed by atoms with E-state index in [1.165, 1.54) is 0 Å². The Balaban J connectivity index is 2.29. The average molecular weight is 347 g/mol. The number of methoxy groups -OCH3 is 1. The van der Waals surface area contributed by atoms with Gasteiger partial charge in [-0.05, 0) is 58.9 Å². The van der Waals surface area contributed by atoms with E-state index in [1.54, 1.807) is 13.2 Å². The molecule has 0 aliphatic carbocycles. The van der Waals surface area contributed by atoms with E-state index < -0.39 is 0 Å². The Morgan fingerprint density at radius 2 is 1.95 bits per heavy atom. The molecule has 0 aliphatic heterocycles. The lowest BCUT2D eigenvalue weighted by Gasteiger charge is -2.11. The molecule has 0 unspecified atom stereocenters. The van der Waals surface area contributed by atoms with Crippen molar-refractivity contribution in [3.63, 3.8) is 0 Å². The minimum Gasteiger partial charge on any atom is -0.497 e. The Morgan fingerprint density at radius 1 is 1.19 bits per heavy atom. The van der Waals surface area contributed by atoms with Crippen LogP contribution in [0, 0.1) is 11.3 Å². The number of hydrogen-bond donors (Lipinski definition) is 1. The van der Waals surface area contributed by atoms with E-state index in [0.717, 1.165) is 15.8 Å².